The molecule has 0 saturated heterocycles. The van der Waals surface area contributed by atoms with E-state index >= 15 is 0 Å². The Morgan fingerprint density at radius 1 is 0.421 bits per heavy atom. The van der Waals surface area contributed by atoms with E-state index in [0.717, 1.165) is 22.6 Å². The molecule has 0 bridgehead atoms. The summed E-state index contributed by atoms with van der Waals surface area (Å²) in [7, 11) is 11.2. The first-order chi connectivity index (χ1) is 36.8. The van der Waals surface area contributed by atoms with Crippen molar-refractivity contribution >= 4 is 88.6 Å². The Morgan fingerprint density at radius 2 is 0.711 bits per heavy atom. The zero-order chi connectivity index (χ0) is 53.9. The molecule has 76 heavy (non-hydrogen) atoms. The monoisotopic (exact) mass is 1160 g/mol. The molecule has 0 aliphatic heterocycles. The first kappa shape index (κ1) is 56.5. The first-order valence-corrected chi connectivity index (χ1v) is 32.5. The summed E-state index contributed by atoms with van der Waals surface area (Å²) in [6.45, 7) is 12.9. The van der Waals surface area contributed by atoms with Crippen molar-refractivity contribution in [1.29, 1.82) is 0 Å². The van der Waals surface area contributed by atoms with Crippen LogP contribution in [-0.4, -0.2) is 20.3 Å². The summed E-state index contributed by atoms with van der Waals surface area (Å²) in [6.07, 6.45) is 0. The number of fused-ring (bicyclic) bond motifs is 2. The molecule has 0 aliphatic carbocycles. The Bertz CT molecular complexity index is 3170. The van der Waals surface area contributed by atoms with Crippen molar-refractivity contribution in [1.82, 2.24) is 0 Å². The third-order valence-electron chi connectivity index (χ3n) is 14.1. The maximum absolute atomic E-state index is 6.86. The van der Waals surface area contributed by atoms with Gasteiger partial charge in [-0.05, 0) is 149 Å². The normalized spacial score (nSPS) is 11.8. The molecule has 0 heterocycles. The standard InChI is InChI=1S/C48H40P2.C19H26N2O2.2ClH.Ru/c1-33-13-23-39(24-14-33)49(40-25-15-34(2)16-26-40)45-31-21-37-9-5-7-11-43(37)47(45)48-44-12-8-6-10-38(44)22-32-46(48)50(41-27-17-35(3)18-28-41)42-29-19-36(4)20-30-42;1-13(2)18(20)19(21,14-5-9-16(22-3)10-6-14)15-7-11-17(23-4)12-8-15;;;/h5-32H,1-4H3;5-13,18H,20-21H2,1-4H3;2*1H;/q;;;;+2/p-2/t;18-;;;/m.0.../s1. The predicted molar refractivity (Wildman–Crippen MR) is 329 cm³/mol. The van der Waals surface area contributed by atoms with Gasteiger partial charge in [0.05, 0.1) is 19.8 Å². The van der Waals surface area contributed by atoms with E-state index in [4.69, 9.17) is 40.3 Å². The van der Waals surface area contributed by atoms with E-state index in [1.54, 1.807) is 14.2 Å². The van der Waals surface area contributed by atoms with Crippen molar-refractivity contribution in [3.8, 4) is 22.6 Å². The summed E-state index contributed by atoms with van der Waals surface area (Å²) in [5.74, 6) is 1.82. The molecule has 0 radical (unpaired) electrons. The van der Waals surface area contributed by atoms with Crippen molar-refractivity contribution < 1.29 is 24.6 Å². The van der Waals surface area contributed by atoms with Gasteiger partial charge in [0.25, 0.3) is 0 Å². The van der Waals surface area contributed by atoms with Gasteiger partial charge in [-0.15, -0.1) is 0 Å². The second-order valence-corrected chi connectivity index (χ2v) is 26.5. The molecule has 0 aromatic heterocycles. The topological polar surface area (TPSA) is 70.5 Å². The number of ether oxygens (including phenoxy) is 2. The first-order valence-electron chi connectivity index (χ1n) is 25.4. The van der Waals surface area contributed by atoms with E-state index in [0.29, 0.717) is 0 Å². The molecule has 0 fully saturated rings. The quantitative estimate of drug-likeness (QED) is 0.0891. The minimum atomic E-state index is -0.885. The molecule has 388 valence electrons. The van der Waals surface area contributed by atoms with E-state index in [2.05, 4.69) is 211 Å². The van der Waals surface area contributed by atoms with Crippen molar-refractivity contribution in [3.05, 3.63) is 252 Å². The van der Waals surface area contributed by atoms with Gasteiger partial charge in [0.15, 0.2) is 0 Å². The summed E-state index contributed by atoms with van der Waals surface area (Å²) < 4.78 is 10.5. The number of rotatable bonds is 13. The summed E-state index contributed by atoms with van der Waals surface area (Å²) >= 11 is -0.346. The van der Waals surface area contributed by atoms with Crippen LogP contribution >= 0.6 is 35.2 Å². The second-order valence-electron chi connectivity index (χ2n) is 19.5. The van der Waals surface area contributed by atoms with Crippen LogP contribution in [0.5, 0.6) is 11.5 Å². The SMILES string of the molecule is COc1ccc(C(N)(c2ccc(OC)cc2)[C@@H](N)C(C)C)cc1.Cc1ccc(P(c2ccc(C)cc2)c2ccc3ccccc3c2-c2c(P(c3ccc(C)cc3)c3ccc(C)cc3)ccc3ccccc23)cc1.[Cl][Ru][Cl]. The average molecular weight is 1170 g/mol. The van der Waals surface area contributed by atoms with Crippen LogP contribution in [0.15, 0.2) is 218 Å². The Morgan fingerprint density at radius 3 is 0.987 bits per heavy atom. The summed E-state index contributed by atoms with van der Waals surface area (Å²) in [5, 5.41) is 13.4. The maximum atomic E-state index is 6.86. The molecule has 0 unspecified atom stereocenters. The zero-order valence-electron chi connectivity index (χ0n) is 44.4. The van der Waals surface area contributed by atoms with Crippen LogP contribution in [0, 0.1) is 33.6 Å². The zero-order valence-corrected chi connectivity index (χ0v) is 49.5. The van der Waals surface area contributed by atoms with Gasteiger partial charge in [-0.2, -0.15) is 0 Å². The van der Waals surface area contributed by atoms with Crippen LogP contribution in [0.1, 0.15) is 47.2 Å². The molecule has 10 aromatic rings. The molecule has 9 heteroatoms. The molecule has 1 atom stereocenters. The van der Waals surface area contributed by atoms with Gasteiger partial charge in [0.1, 0.15) is 11.5 Å². The molecule has 4 N–H and O–H groups in total. The Balaban J connectivity index is 0.000000246. The third kappa shape index (κ3) is 12.7. The van der Waals surface area contributed by atoms with Gasteiger partial charge in [-0.3, -0.25) is 0 Å². The van der Waals surface area contributed by atoms with Crippen molar-refractivity contribution in [3.63, 3.8) is 0 Å². The molecular weight excluding hydrogens is 1100 g/mol. The Labute approximate surface area is 469 Å². The van der Waals surface area contributed by atoms with Crippen molar-refractivity contribution in [2.45, 2.75) is 53.1 Å². The Kier molecular flexibility index (Phi) is 19.4. The van der Waals surface area contributed by atoms with E-state index in [1.165, 1.54) is 86.8 Å². The molecule has 0 aliphatic rings. The fraction of sp³-hybridized carbons (Fsp3) is 0.164. The molecular formula is C67H66Cl2N2O2P2Ru. The average Bonchev–Trinajstić information content (AvgIpc) is 3.45. The summed E-state index contributed by atoms with van der Waals surface area (Å²) in [5.41, 5.74) is 22.4. The van der Waals surface area contributed by atoms with Gasteiger partial charge in [0, 0.05) is 6.04 Å². The van der Waals surface area contributed by atoms with Crippen LogP contribution in [0.3, 0.4) is 0 Å². The van der Waals surface area contributed by atoms with E-state index in [9.17, 15) is 0 Å². The number of hydrogen-bond donors (Lipinski definition) is 2. The third-order valence-corrected chi connectivity index (χ3v) is 19.1. The molecule has 0 saturated carbocycles. The number of nitrogens with two attached hydrogens (primary N) is 2. The van der Waals surface area contributed by atoms with Crippen LogP contribution in [0.2, 0.25) is 0 Å². The minimum absolute atomic E-state index is 0.226. The summed E-state index contributed by atoms with van der Waals surface area (Å²) in [4.78, 5) is 0. The Hall–Kier alpha value is -5.70. The number of aryl methyl sites for hydroxylation is 4. The molecule has 0 amide bonds. The number of hydrogen-bond acceptors (Lipinski definition) is 4. The van der Waals surface area contributed by atoms with Gasteiger partial charge in [-0.25, -0.2) is 0 Å². The van der Waals surface area contributed by atoms with E-state index in [1.807, 2.05) is 48.5 Å². The van der Waals surface area contributed by atoms with Crippen LogP contribution in [0.25, 0.3) is 32.7 Å². The van der Waals surface area contributed by atoms with Crippen LogP contribution in [-0.2, 0) is 20.7 Å². The second kappa shape index (κ2) is 26.1. The number of benzene rings is 10. The molecule has 10 rings (SSSR count). The van der Waals surface area contributed by atoms with Gasteiger partial charge < -0.3 is 20.9 Å². The number of methoxy groups -OCH3 is 2. The predicted octanol–water partition coefficient (Wildman–Crippen LogP) is 14.7. The van der Waals surface area contributed by atoms with Crippen LogP contribution < -0.4 is 52.8 Å². The fourth-order valence-electron chi connectivity index (χ4n) is 9.86. The molecule has 4 nitrogen and oxygen atoms in total. The van der Waals surface area contributed by atoms with E-state index in [-0.39, 0.29) is 27.1 Å². The number of halogens is 2. The fourth-order valence-corrected chi connectivity index (χ4v) is 14.7. The van der Waals surface area contributed by atoms with Crippen LogP contribution in [0.4, 0.5) is 0 Å². The van der Waals surface area contributed by atoms with Gasteiger partial charge >= 0.3 is 34.5 Å². The molecule has 10 aromatic carbocycles. The van der Waals surface area contributed by atoms with Crippen molar-refractivity contribution in [2.24, 2.45) is 17.4 Å². The molecule has 0 spiro atoms. The van der Waals surface area contributed by atoms with Gasteiger partial charge in [-0.1, -0.05) is 230 Å². The van der Waals surface area contributed by atoms with Gasteiger partial charge in [0.2, 0.25) is 0 Å². The van der Waals surface area contributed by atoms with E-state index < -0.39 is 21.4 Å². The summed E-state index contributed by atoms with van der Waals surface area (Å²) in [6, 6.07) is 79.9. The van der Waals surface area contributed by atoms with Crippen molar-refractivity contribution in [2.75, 3.05) is 14.2 Å².